The summed E-state index contributed by atoms with van der Waals surface area (Å²) in [5.41, 5.74) is 0.0555. The molecule has 1 atom stereocenters. The van der Waals surface area contributed by atoms with E-state index in [1.165, 1.54) is 12.1 Å². The molecule has 0 amide bonds. The molecule has 1 aromatic carbocycles. The van der Waals surface area contributed by atoms with E-state index in [0.717, 1.165) is 70.5 Å². The number of nitrogens with zero attached hydrogens (tertiary/aromatic N) is 3. The molecule has 0 radical (unpaired) electrons. The second-order valence-corrected chi connectivity index (χ2v) is 8.13. The van der Waals surface area contributed by atoms with E-state index in [2.05, 4.69) is 9.80 Å². The molecular formula is C22H28F3N3O2. The Kier molecular flexibility index (Phi) is 6.36. The van der Waals surface area contributed by atoms with E-state index >= 15 is 0 Å². The number of piperazine rings is 1. The van der Waals surface area contributed by atoms with Gasteiger partial charge in [-0.05, 0) is 49.7 Å². The Hall–Kier alpha value is -2.03. The van der Waals surface area contributed by atoms with E-state index in [1.54, 1.807) is 6.07 Å². The Labute approximate surface area is 174 Å². The third-order valence-electron chi connectivity index (χ3n) is 6.10. The Bertz CT molecular complexity index is 831. The standard InChI is InChI=1S/C22H28F3N3O2/c23-22(24,25)17-3-1-4-18(13-17)27-9-11-28(12-10-27)19-5-2-8-26(14-19)15-20-6-7-21(16-29)30-20/h1,3-4,6-7,13,19,29H,2,5,8-12,14-16H2/t19-/m0/s1. The molecule has 2 aromatic rings. The quantitative estimate of drug-likeness (QED) is 0.797. The zero-order valence-electron chi connectivity index (χ0n) is 16.9. The van der Waals surface area contributed by atoms with Crippen molar-refractivity contribution in [3.63, 3.8) is 0 Å². The predicted molar refractivity (Wildman–Crippen MR) is 108 cm³/mol. The molecule has 1 aromatic heterocycles. The van der Waals surface area contributed by atoms with Crippen LogP contribution in [0.15, 0.2) is 40.8 Å². The molecule has 30 heavy (non-hydrogen) atoms. The molecule has 0 bridgehead atoms. The predicted octanol–water partition coefficient (Wildman–Crippen LogP) is 3.58. The summed E-state index contributed by atoms with van der Waals surface area (Å²) >= 11 is 0. The van der Waals surface area contributed by atoms with Crippen LogP contribution in [0, 0.1) is 0 Å². The summed E-state index contributed by atoms with van der Waals surface area (Å²) in [6, 6.07) is 9.81. The van der Waals surface area contributed by atoms with Crippen LogP contribution in [0.4, 0.5) is 18.9 Å². The fourth-order valence-electron chi connectivity index (χ4n) is 4.51. The molecule has 0 aliphatic carbocycles. The van der Waals surface area contributed by atoms with Crippen LogP contribution in [0.5, 0.6) is 0 Å². The van der Waals surface area contributed by atoms with Crippen LogP contribution in [-0.2, 0) is 19.3 Å². The van der Waals surface area contributed by atoms with Crippen molar-refractivity contribution in [2.75, 3.05) is 44.2 Å². The van der Waals surface area contributed by atoms with Crippen molar-refractivity contribution < 1.29 is 22.7 Å². The highest BCUT2D eigenvalue weighted by molar-refractivity contribution is 5.49. The number of piperidine rings is 1. The van der Waals surface area contributed by atoms with Crippen LogP contribution in [0.1, 0.15) is 29.9 Å². The van der Waals surface area contributed by atoms with Crippen LogP contribution in [0.2, 0.25) is 0 Å². The van der Waals surface area contributed by atoms with Crippen molar-refractivity contribution in [2.45, 2.75) is 38.2 Å². The van der Waals surface area contributed by atoms with Gasteiger partial charge in [0.1, 0.15) is 18.1 Å². The summed E-state index contributed by atoms with van der Waals surface area (Å²) in [5.74, 6) is 1.46. The number of hydrogen-bond acceptors (Lipinski definition) is 5. The number of aliphatic hydroxyl groups excluding tert-OH is 1. The van der Waals surface area contributed by atoms with E-state index in [4.69, 9.17) is 9.52 Å². The summed E-state index contributed by atoms with van der Waals surface area (Å²) in [4.78, 5) is 6.90. The number of likely N-dealkylation sites (tertiary alicyclic amines) is 1. The molecule has 2 saturated heterocycles. The molecule has 3 heterocycles. The molecule has 4 rings (SSSR count). The summed E-state index contributed by atoms with van der Waals surface area (Å²) < 4.78 is 44.6. The second-order valence-electron chi connectivity index (χ2n) is 8.13. The molecule has 2 aliphatic heterocycles. The van der Waals surface area contributed by atoms with Crippen molar-refractivity contribution in [1.82, 2.24) is 9.80 Å². The van der Waals surface area contributed by atoms with E-state index in [9.17, 15) is 13.2 Å². The van der Waals surface area contributed by atoms with Gasteiger partial charge in [-0.15, -0.1) is 0 Å². The molecule has 2 aliphatic rings. The van der Waals surface area contributed by atoms with Crippen molar-refractivity contribution >= 4 is 5.69 Å². The van der Waals surface area contributed by atoms with Crippen LogP contribution in [-0.4, -0.2) is 60.2 Å². The Balaban J connectivity index is 1.31. The number of alkyl halides is 3. The van der Waals surface area contributed by atoms with Crippen molar-refractivity contribution in [3.05, 3.63) is 53.5 Å². The van der Waals surface area contributed by atoms with E-state index in [0.29, 0.717) is 17.5 Å². The molecule has 164 valence electrons. The van der Waals surface area contributed by atoms with Gasteiger partial charge in [-0.3, -0.25) is 9.80 Å². The minimum Gasteiger partial charge on any atom is -0.462 e. The monoisotopic (exact) mass is 423 g/mol. The number of halogens is 3. The van der Waals surface area contributed by atoms with Crippen LogP contribution >= 0.6 is 0 Å². The molecule has 5 nitrogen and oxygen atoms in total. The molecule has 0 spiro atoms. The molecular weight excluding hydrogens is 395 g/mol. The highest BCUT2D eigenvalue weighted by atomic mass is 19.4. The summed E-state index contributed by atoms with van der Waals surface area (Å²) in [7, 11) is 0. The Morgan fingerprint density at radius 1 is 1.00 bits per heavy atom. The maximum atomic E-state index is 13.0. The first kappa shape index (κ1) is 21.2. The van der Waals surface area contributed by atoms with E-state index < -0.39 is 11.7 Å². The third kappa shape index (κ3) is 4.99. The number of aliphatic hydroxyl groups is 1. The van der Waals surface area contributed by atoms with Gasteiger partial charge in [0.15, 0.2) is 0 Å². The van der Waals surface area contributed by atoms with Gasteiger partial charge in [0.05, 0.1) is 12.1 Å². The van der Waals surface area contributed by atoms with Crippen LogP contribution in [0.3, 0.4) is 0 Å². The Morgan fingerprint density at radius 2 is 1.77 bits per heavy atom. The average Bonchev–Trinajstić information content (AvgIpc) is 3.21. The average molecular weight is 423 g/mol. The summed E-state index contributed by atoms with van der Waals surface area (Å²) in [5, 5.41) is 9.15. The summed E-state index contributed by atoms with van der Waals surface area (Å²) in [6.07, 6.45) is -2.05. The largest absolute Gasteiger partial charge is 0.462 e. The molecule has 0 unspecified atom stereocenters. The first-order chi connectivity index (χ1) is 14.4. The smallest absolute Gasteiger partial charge is 0.416 e. The summed E-state index contributed by atoms with van der Waals surface area (Å²) in [6.45, 7) is 5.80. The number of furan rings is 1. The lowest BCUT2D eigenvalue weighted by Gasteiger charge is -2.44. The van der Waals surface area contributed by atoms with Crippen LogP contribution < -0.4 is 4.90 Å². The lowest BCUT2D eigenvalue weighted by Crippen LogP contribution is -2.55. The first-order valence-corrected chi connectivity index (χ1v) is 10.5. The number of anilines is 1. The lowest BCUT2D eigenvalue weighted by atomic mass is 10.0. The van der Waals surface area contributed by atoms with Gasteiger partial charge >= 0.3 is 6.18 Å². The normalized spacial score (nSPS) is 21.9. The zero-order chi connectivity index (χ0) is 21.1. The second kappa shape index (κ2) is 8.99. The van der Waals surface area contributed by atoms with E-state index in [1.807, 2.05) is 17.0 Å². The van der Waals surface area contributed by atoms with E-state index in [-0.39, 0.29) is 6.61 Å². The minimum absolute atomic E-state index is 0.0845. The highest BCUT2D eigenvalue weighted by Gasteiger charge is 2.32. The maximum Gasteiger partial charge on any atom is 0.416 e. The number of benzene rings is 1. The van der Waals surface area contributed by atoms with Gasteiger partial charge in [0.25, 0.3) is 0 Å². The van der Waals surface area contributed by atoms with Gasteiger partial charge in [0, 0.05) is 44.5 Å². The molecule has 2 fully saturated rings. The van der Waals surface area contributed by atoms with Crippen molar-refractivity contribution in [3.8, 4) is 0 Å². The van der Waals surface area contributed by atoms with Crippen LogP contribution in [0.25, 0.3) is 0 Å². The highest BCUT2D eigenvalue weighted by Crippen LogP contribution is 2.32. The van der Waals surface area contributed by atoms with Gasteiger partial charge in [-0.1, -0.05) is 6.07 Å². The molecule has 0 saturated carbocycles. The zero-order valence-corrected chi connectivity index (χ0v) is 16.9. The van der Waals surface area contributed by atoms with Gasteiger partial charge in [0.2, 0.25) is 0 Å². The number of hydrogen-bond donors (Lipinski definition) is 1. The third-order valence-corrected chi connectivity index (χ3v) is 6.10. The van der Waals surface area contributed by atoms with Crippen molar-refractivity contribution in [2.24, 2.45) is 0 Å². The van der Waals surface area contributed by atoms with Crippen molar-refractivity contribution in [1.29, 1.82) is 0 Å². The SMILES string of the molecule is OCc1ccc(CN2CCC[C@H](N3CCN(c4cccc(C(F)(F)F)c4)CC3)C2)o1. The molecule has 8 heteroatoms. The topological polar surface area (TPSA) is 43.1 Å². The number of rotatable bonds is 5. The Morgan fingerprint density at radius 3 is 2.47 bits per heavy atom. The molecule has 1 N–H and O–H groups in total. The maximum absolute atomic E-state index is 13.0. The fraction of sp³-hybridized carbons (Fsp3) is 0.545. The fourth-order valence-corrected chi connectivity index (χ4v) is 4.51. The lowest BCUT2D eigenvalue weighted by molar-refractivity contribution is -0.137. The van der Waals surface area contributed by atoms with Gasteiger partial charge in [-0.2, -0.15) is 13.2 Å². The van der Waals surface area contributed by atoms with Gasteiger partial charge in [-0.25, -0.2) is 0 Å². The first-order valence-electron chi connectivity index (χ1n) is 10.5. The van der Waals surface area contributed by atoms with Gasteiger partial charge < -0.3 is 14.4 Å². The minimum atomic E-state index is -4.31.